The summed E-state index contributed by atoms with van der Waals surface area (Å²) >= 11 is 0. The normalized spacial score (nSPS) is 17.6. The molecule has 1 atom stereocenters. The summed E-state index contributed by atoms with van der Waals surface area (Å²) in [5.74, 6) is 0.000333. The van der Waals surface area contributed by atoms with E-state index in [1.165, 1.54) is 0 Å². The zero-order valence-corrected chi connectivity index (χ0v) is 12.6. The minimum absolute atomic E-state index is 0.000333. The van der Waals surface area contributed by atoms with E-state index >= 15 is 0 Å². The van der Waals surface area contributed by atoms with E-state index in [9.17, 15) is 4.79 Å². The summed E-state index contributed by atoms with van der Waals surface area (Å²) in [6.45, 7) is 7.68. The van der Waals surface area contributed by atoms with Gasteiger partial charge >= 0.3 is 0 Å². The number of aromatic nitrogens is 2. The zero-order valence-electron chi connectivity index (χ0n) is 12.6. The third-order valence-corrected chi connectivity index (χ3v) is 3.80. The standard InChI is InChI=1S/C14H25N5O2/c1-2-19(4-3-18-5-7-21-8-6-18)14(20)13(15)9-12-10-16-11-17-12/h10-11,13H,2-9,15H2,1H3,(H,16,17)/t13-/m0/s1. The number of hydrogen-bond donors (Lipinski definition) is 2. The van der Waals surface area contributed by atoms with Crippen molar-refractivity contribution in [1.29, 1.82) is 0 Å². The molecule has 1 amide bonds. The van der Waals surface area contributed by atoms with E-state index < -0.39 is 6.04 Å². The van der Waals surface area contributed by atoms with Crippen LogP contribution in [0.15, 0.2) is 12.5 Å². The molecule has 1 aromatic rings. The van der Waals surface area contributed by atoms with Crippen LogP contribution in [0.5, 0.6) is 0 Å². The Hall–Kier alpha value is -1.44. The van der Waals surface area contributed by atoms with Crippen molar-refractivity contribution >= 4 is 5.91 Å². The number of H-pyrrole nitrogens is 1. The molecular formula is C14H25N5O2. The molecule has 118 valence electrons. The maximum Gasteiger partial charge on any atom is 0.239 e. The van der Waals surface area contributed by atoms with Gasteiger partial charge in [-0.05, 0) is 6.92 Å². The molecule has 1 aliphatic heterocycles. The van der Waals surface area contributed by atoms with Crippen LogP contribution in [0.2, 0.25) is 0 Å². The number of nitrogens with zero attached hydrogens (tertiary/aromatic N) is 3. The molecule has 7 nitrogen and oxygen atoms in total. The van der Waals surface area contributed by atoms with Crippen molar-refractivity contribution in [2.75, 3.05) is 45.9 Å². The summed E-state index contributed by atoms with van der Waals surface area (Å²) in [6, 6.07) is -0.518. The highest BCUT2D eigenvalue weighted by molar-refractivity contribution is 5.81. The first kappa shape index (κ1) is 15.9. The number of nitrogens with one attached hydrogen (secondary N) is 1. The van der Waals surface area contributed by atoms with Gasteiger partial charge in [0.25, 0.3) is 0 Å². The average molecular weight is 295 g/mol. The van der Waals surface area contributed by atoms with Crippen molar-refractivity contribution in [2.24, 2.45) is 5.73 Å². The molecule has 1 aromatic heterocycles. The smallest absolute Gasteiger partial charge is 0.239 e. The maximum atomic E-state index is 12.4. The molecule has 0 saturated carbocycles. The van der Waals surface area contributed by atoms with Gasteiger partial charge < -0.3 is 20.4 Å². The lowest BCUT2D eigenvalue weighted by molar-refractivity contribution is -0.132. The molecule has 3 N–H and O–H groups in total. The van der Waals surface area contributed by atoms with Gasteiger partial charge in [-0.15, -0.1) is 0 Å². The van der Waals surface area contributed by atoms with E-state index in [1.54, 1.807) is 12.5 Å². The topological polar surface area (TPSA) is 87.5 Å². The van der Waals surface area contributed by atoms with Gasteiger partial charge in [0.1, 0.15) is 0 Å². The van der Waals surface area contributed by atoms with Crippen LogP contribution in [-0.4, -0.2) is 77.7 Å². The minimum Gasteiger partial charge on any atom is -0.379 e. The first-order chi connectivity index (χ1) is 10.2. The number of rotatable bonds is 7. The summed E-state index contributed by atoms with van der Waals surface area (Å²) in [4.78, 5) is 23.5. The summed E-state index contributed by atoms with van der Waals surface area (Å²) in [5.41, 5.74) is 6.91. The highest BCUT2D eigenvalue weighted by Crippen LogP contribution is 2.03. The van der Waals surface area contributed by atoms with Crippen molar-refractivity contribution in [2.45, 2.75) is 19.4 Å². The number of morpholine rings is 1. The molecule has 0 spiro atoms. The van der Waals surface area contributed by atoms with E-state index in [0.717, 1.165) is 38.5 Å². The average Bonchev–Trinajstić information content (AvgIpc) is 3.01. The van der Waals surface area contributed by atoms with Crippen LogP contribution in [0.25, 0.3) is 0 Å². The fraction of sp³-hybridized carbons (Fsp3) is 0.714. The van der Waals surface area contributed by atoms with Gasteiger partial charge in [-0.25, -0.2) is 4.98 Å². The van der Waals surface area contributed by atoms with Crippen LogP contribution in [0.3, 0.4) is 0 Å². The van der Waals surface area contributed by atoms with Crippen molar-refractivity contribution < 1.29 is 9.53 Å². The van der Waals surface area contributed by atoms with E-state index in [-0.39, 0.29) is 5.91 Å². The van der Waals surface area contributed by atoms with Gasteiger partial charge in [0.2, 0.25) is 5.91 Å². The van der Waals surface area contributed by atoms with Gasteiger partial charge in [0.15, 0.2) is 0 Å². The van der Waals surface area contributed by atoms with Crippen LogP contribution in [-0.2, 0) is 16.0 Å². The molecule has 0 bridgehead atoms. The van der Waals surface area contributed by atoms with Crippen LogP contribution in [0, 0.1) is 0 Å². The summed E-state index contributed by atoms with van der Waals surface area (Å²) in [5, 5.41) is 0. The number of carbonyl (C=O) groups is 1. The number of imidazole rings is 1. The second-order valence-corrected chi connectivity index (χ2v) is 5.26. The summed E-state index contributed by atoms with van der Waals surface area (Å²) in [6.07, 6.45) is 3.80. The Kier molecular flexibility index (Phi) is 6.16. The van der Waals surface area contributed by atoms with E-state index in [1.807, 2.05) is 11.8 Å². The maximum absolute atomic E-state index is 12.4. The van der Waals surface area contributed by atoms with Crippen molar-refractivity contribution in [3.63, 3.8) is 0 Å². The predicted octanol–water partition coefficient (Wildman–Crippen LogP) is -0.540. The number of amides is 1. The molecule has 21 heavy (non-hydrogen) atoms. The lowest BCUT2D eigenvalue weighted by Gasteiger charge is -2.30. The highest BCUT2D eigenvalue weighted by Gasteiger charge is 2.21. The molecule has 2 rings (SSSR count). The Labute approximate surface area is 125 Å². The number of hydrogen-bond acceptors (Lipinski definition) is 5. The molecule has 1 saturated heterocycles. The lowest BCUT2D eigenvalue weighted by atomic mass is 10.1. The molecule has 2 heterocycles. The highest BCUT2D eigenvalue weighted by atomic mass is 16.5. The second kappa shape index (κ2) is 8.11. The second-order valence-electron chi connectivity index (χ2n) is 5.26. The Morgan fingerprint density at radius 3 is 2.95 bits per heavy atom. The Morgan fingerprint density at radius 2 is 2.33 bits per heavy atom. The lowest BCUT2D eigenvalue weighted by Crippen LogP contribution is -2.48. The monoisotopic (exact) mass is 295 g/mol. The molecule has 0 unspecified atom stereocenters. The number of aromatic amines is 1. The van der Waals surface area contributed by atoms with Crippen molar-refractivity contribution in [3.8, 4) is 0 Å². The quantitative estimate of drug-likeness (QED) is 0.705. The SMILES string of the molecule is CCN(CCN1CCOCC1)C(=O)[C@@H](N)Cc1cnc[nH]1. The van der Waals surface area contributed by atoms with E-state index in [2.05, 4.69) is 14.9 Å². The van der Waals surface area contributed by atoms with Crippen molar-refractivity contribution in [3.05, 3.63) is 18.2 Å². The summed E-state index contributed by atoms with van der Waals surface area (Å²) < 4.78 is 5.33. The molecule has 0 aliphatic carbocycles. The molecule has 0 aromatic carbocycles. The zero-order chi connectivity index (χ0) is 15.1. The van der Waals surface area contributed by atoms with Gasteiger partial charge in [-0.1, -0.05) is 0 Å². The Bertz CT molecular complexity index is 417. The number of carbonyl (C=O) groups excluding carboxylic acids is 1. The predicted molar refractivity (Wildman–Crippen MR) is 79.8 cm³/mol. The summed E-state index contributed by atoms with van der Waals surface area (Å²) in [7, 11) is 0. The number of nitrogens with two attached hydrogens (primary N) is 1. The van der Waals surface area contributed by atoms with Gasteiger partial charge in [0, 0.05) is 51.0 Å². The number of ether oxygens (including phenoxy) is 1. The first-order valence-corrected chi connectivity index (χ1v) is 7.52. The van der Waals surface area contributed by atoms with Crippen LogP contribution < -0.4 is 5.73 Å². The first-order valence-electron chi connectivity index (χ1n) is 7.52. The molecule has 1 fully saturated rings. The Morgan fingerprint density at radius 1 is 1.57 bits per heavy atom. The molecular weight excluding hydrogens is 270 g/mol. The molecule has 1 aliphatic rings. The van der Waals surface area contributed by atoms with Crippen LogP contribution in [0.1, 0.15) is 12.6 Å². The van der Waals surface area contributed by atoms with Gasteiger partial charge in [-0.3, -0.25) is 9.69 Å². The fourth-order valence-corrected chi connectivity index (χ4v) is 2.47. The van der Waals surface area contributed by atoms with Crippen LogP contribution >= 0.6 is 0 Å². The van der Waals surface area contributed by atoms with E-state index in [0.29, 0.717) is 19.5 Å². The largest absolute Gasteiger partial charge is 0.379 e. The van der Waals surface area contributed by atoms with Crippen molar-refractivity contribution in [1.82, 2.24) is 19.8 Å². The van der Waals surface area contributed by atoms with Gasteiger partial charge in [-0.2, -0.15) is 0 Å². The number of likely N-dealkylation sites (N-methyl/N-ethyl adjacent to an activating group) is 1. The fourth-order valence-electron chi connectivity index (χ4n) is 2.47. The van der Waals surface area contributed by atoms with Crippen LogP contribution in [0.4, 0.5) is 0 Å². The van der Waals surface area contributed by atoms with E-state index in [4.69, 9.17) is 10.5 Å². The third kappa shape index (κ3) is 4.80. The Balaban J connectivity index is 1.79. The molecule has 0 radical (unpaired) electrons. The third-order valence-electron chi connectivity index (χ3n) is 3.80. The minimum atomic E-state index is -0.518. The molecule has 7 heteroatoms. The van der Waals surface area contributed by atoms with Gasteiger partial charge in [0.05, 0.1) is 25.6 Å².